The third-order valence-electron chi connectivity index (χ3n) is 1.07. The minimum Gasteiger partial charge on any atom is -0.332 e. The van der Waals surface area contributed by atoms with Crippen LogP contribution in [0.2, 0.25) is 0 Å². The first-order chi connectivity index (χ1) is 5.04. The van der Waals surface area contributed by atoms with Gasteiger partial charge >= 0.3 is 18.9 Å². The van der Waals surface area contributed by atoms with E-state index in [2.05, 4.69) is 53.3 Å². The molecule has 0 aliphatic rings. The molecule has 0 aromatic carbocycles. The Morgan fingerprint density at radius 2 is 1.33 bits per heavy atom. The Bertz CT molecular complexity index is 54.9. The molecule has 0 saturated heterocycles. The van der Waals surface area contributed by atoms with E-state index >= 15 is 0 Å². The molecule has 0 amide bonds. The largest absolute Gasteiger partial charge is 1.00 e. The van der Waals surface area contributed by atoms with Gasteiger partial charge < -0.3 is 11.7 Å². The Balaban J connectivity index is -0.000000142. The average Bonchev–Trinajstić information content (AvgIpc) is 1.85. The van der Waals surface area contributed by atoms with Crippen molar-refractivity contribution in [3.63, 3.8) is 0 Å². The van der Waals surface area contributed by atoms with Crippen molar-refractivity contribution in [2.24, 2.45) is 0 Å². The van der Waals surface area contributed by atoms with Gasteiger partial charge in [-0.15, -0.1) is 0 Å². The van der Waals surface area contributed by atoms with Crippen molar-refractivity contribution in [3.05, 3.63) is 6.42 Å². The van der Waals surface area contributed by atoms with E-state index in [1.54, 1.807) is 0 Å². The molecule has 0 aromatic heterocycles. The third-order valence-corrected chi connectivity index (χ3v) is 1.07. The average molecular weight is 165 g/mol. The zero-order chi connectivity index (χ0) is 9.28. The number of rotatable bonds is 3. The standard InChI is InChI=1S/C6H15N.C4H9.Li/c1-5(2)7-6(3)4;1-3-4-2;/h5-7H,1-4H3;3H,4H2,1-2H3;/q;-1;+1. The summed E-state index contributed by atoms with van der Waals surface area (Å²) in [6.45, 7) is 12.8. The van der Waals surface area contributed by atoms with Crippen molar-refractivity contribution < 1.29 is 18.9 Å². The van der Waals surface area contributed by atoms with Gasteiger partial charge in [0, 0.05) is 12.1 Å². The second-order valence-corrected chi connectivity index (χ2v) is 3.29. The molecule has 0 bridgehead atoms. The van der Waals surface area contributed by atoms with E-state index in [9.17, 15) is 0 Å². The van der Waals surface area contributed by atoms with E-state index in [1.807, 2.05) is 0 Å². The number of hydrogen-bond donors (Lipinski definition) is 1. The van der Waals surface area contributed by atoms with E-state index in [1.165, 1.54) is 6.42 Å². The van der Waals surface area contributed by atoms with Crippen LogP contribution < -0.4 is 24.2 Å². The van der Waals surface area contributed by atoms with Crippen LogP contribution in [-0.2, 0) is 0 Å². The molecule has 0 aromatic rings. The van der Waals surface area contributed by atoms with E-state index in [0.717, 1.165) is 0 Å². The smallest absolute Gasteiger partial charge is 0.332 e. The molecule has 0 atom stereocenters. The Hall–Kier alpha value is 0.557. The molecule has 0 radical (unpaired) electrons. The van der Waals surface area contributed by atoms with Crippen LogP contribution in [0.15, 0.2) is 0 Å². The SMILES string of the molecule is CC(C)NC(C)C.C[CH-]CC.[Li+]. The summed E-state index contributed by atoms with van der Waals surface area (Å²) in [7, 11) is 0. The maximum Gasteiger partial charge on any atom is 1.00 e. The molecular formula is C10H24LiN. The van der Waals surface area contributed by atoms with Crippen molar-refractivity contribution >= 4 is 0 Å². The van der Waals surface area contributed by atoms with E-state index < -0.39 is 0 Å². The van der Waals surface area contributed by atoms with Crippen LogP contribution in [0.25, 0.3) is 0 Å². The second kappa shape index (κ2) is 14.1. The minimum atomic E-state index is 0. The topological polar surface area (TPSA) is 12.0 Å². The summed E-state index contributed by atoms with van der Waals surface area (Å²) in [5.74, 6) is 0. The molecule has 0 rings (SSSR count). The Kier molecular flexibility index (Phi) is 21.6. The molecule has 12 heavy (non-hydrogen) atoms. The number of unbranched alkanes of at least 4 members (excludes halogenated alkanes) is 1. The van der Waals surface area contributed by atoms with Crippen LogP contribution in [0.5, 0.6) is 0 Å². The summed E-state index contributed by atoms with van der Waals surface area (Å²) in [6, 6.07) is 1.25. The van der Waals surface area contributed by atoms with E-state index in [0.29, 0.717) is 12.1 Å². The fraction of sp³-hybridized carbons (Fsp3) is 0.900. The fourth-order valence-corrected chi connectivity index (χ4v) is 0.667. The molecule has 1 N–H and O–H groups in total. The van der Waals surface area contributed by atoms with Crippen molar-refractivity contribution in [3.8, 4) is 0 Å². The zero-order valence-corrected chi connectivity index (χ0v) is 9.94. The molecule has 0 aliphatic heterocycles. The van der Waals surface area contributed by atoms with Crippen molar-refractivity contribution in [1.29, 1.82) is 0 Å². The van der Waals surface area contributed by atoms with Gasteiger partial charge in [0.15, 0.2) is 0 Å². The zero-order valence-electron chi connectivity index (χ0n) is 9.94. The van der Waals surface area contributed by atoms with Crippen LogP contribution in [-0.4, -0.2) is 12.1 Å². The summed E-state index contributed by atoms with van der Waals surface area (Å²) in [5.41, 5.74) is 0. The molecular weight excluding hydrogens is 141 g/mol. The van der Waals surface area contributed by atoms with Gasteiger partial charge in [-0.1, -0.05) is 34.6 Å². The van der Waals surface area contributed by atoms with Crippen LogP contribution in [0, 0.1) is 6.42 Å². The first-order valence-electron chi connectivity index (χ1n) is 4.58. The molecule has 0 heterocycles. The van der Waals surface area contributed by atoms with Gasteiger partial charge in [-0.25, -0.2) is 0 Å². The third kappa shape index (κ3) is 31.2. The fourth-order valence-electron chi connectivity index (χ4n) is 0.667. The summed E-state index contributed by atoms with van der Waals surface area (Å²) in [5, 5.41) is 3.31. The van der Waals surface area contributed by atoms with Crippen molar-refractivity contribution in [1.82, 2.24) is 5.32 Å². The first kappa shape index (κ1) is 18.4. The summed E-state index contributed by atoms with van der Waals surface area (Å²) < 4.78 is 0. The molecule has 0 unspecified atom stereocenters. The van der Waals surface area contributed by atoms with Gasteiger partial charge in [-0.3, -0.25) is 0 Å². The minimum absolute atomic E-state index is 0. The van der Waals surface area contributed by atoms with E-state index in [4.69, 9.17) is 0 Å². The van der Waals surface area contributed by atoms with Gasteiger partial charge in [0.1, 0.15) is 0 Å². The van der Waals surface area contributed by atoms with Crippen molar-refractivity contribution in [2.75, 3.05) is 0 Å². The number of hydrogen-bond acceptors (Lipinski definition) is 1. The summed E-state index contributed by atoms with van der Waals surface area (Å²) in [6.07, 6.45) is 3.32. The van der Waals surface area contributed by atoms with Gasteiger partial charge in [0.2, 0.25) is 0 Å². The summed E-state index contributed by atoms with van der Waals surface area (Å²) in [4.78, 5) is 0. The molecule has 1 nitrogen and oxygen atoms in total. The predicted octanol–water partition coefficient (Wildman–Crippen LogP) is 0.0174. The number of nitrogens with one attached hydrogen (secondary N) is 1. The first-order valence-corrected chi connectivity index (χ1v) is 4.58. The Morgan fingerprint density at radius 1 is 1.08 bits per heavy atom. The quantitative estimate of drug-likeness (QED) is 0.459. The van der Waals surface area contributed by atoms with Gasteiger partial charge in [0.25, 0.3) is 0 Å². The molecule has 0 saturated carbocycles. The Labute approximate surface area is 90.9 Å². The van der Waals surface area contributed by atoms with Gasteiger partial charge in [-0.05, 0) is 0 Å². The molecule has 0 fully saturated rings. The maximum atomic E-state index is 3.31. The van der Waals surface area contributed by atoms with E-state index in [-0.39, 0.29) is 18.9 Å². The molecule has 0 aliphatic carbocycles. The van der Waals surface area contributed by atoms with Gasteiger partial charge in [-0.2, -0.15) is 13.3 Å². The van der Waals surface area contributed by atoms with Gasteiger partial charge in [0.05, 0.1) is 0 Å². The normalized spacial score (nSPS) is 9.00. The van der Waals surface area contributed by atoms with Crippen LogP contribution in [0.4, 0.5) is 0 Å². The molecule has 0 spiro atoms. The van der Waals surface area contributed by atoms with Crippen molar-refractivity contribution in [2.45, 2.75) is 60.0 Å². The molecule has 70 valence electrons. The van der Waals surface area contributed by atoms with Crippen LogP contribution >= 0.6 is 0 Å². The second-order valence-electron chi connectivity index (χ2n) is 3.29. The monoisotopic (exact) mass is 165 g/mol. The van der Waals surface area contributed by atoms with Crippen LogP contribution in [0.3, 0.4) is 0 Å². The molecule has 2 heteroatoms. The Morgan fingerprint density at radius 3 is 1.33 bits per heavy atom. The predicted molar refractivity (Wildman–Crippen MR) is 53.7 cm³/mol. The maximum absolute atomic E-state index is 3.31. The van der Waals surface area contributed by atoms with Crippen LogP contribution in [0.1, 0.15) is 48.0 Å². The summed E-state index contributed by atoms with van der Waals surface area (Å²) >= 11 is 0.